The zero-order chi connectivity index (χ0) is 12.5. The number of imidazole rings is 1. The second-order valence-corrected chi connectivity index (χ2v) is 4.25. The van der Waals surface area contributed by atoms with Crippen LogP contribution in [0, 0.1) is 11.3 Å². The van der Waals surface area contributed by atoms with E-state index in [0.29, 0.717) is 5.56 Å². The molecule has 2 aromatic carbocycles. The third-order valence-electron chi connectivity index (χ3n) is 3.07. The van der Waals surface area contributed by atoms with Crippen LogP contribution >= 0.6 is 0 Å². The third-order valence-corrected chi connectivity index (χ3v) is 3.07. The number of rotatable bonds is 1. The summed E-state index contributed by atoms with van der Waals surface area (Å²) in [6, 6.07) is 18.1. The Labute approximate surface area is 128 Å². The highest BCUT2D eigenvalue weighted by Gasteiger charge is 2.15. The van der Waals surface area contributed by atoms with Crippen molar-refractivity contribution in [2.45, 2.75) is 0 Å². The summed E-state index contributed by atoms with van der Waals surface area (Å²) in [5.41, 5.74) is 3.93. The van der Waals surface area contributed by atoms with Gasteiger partial charge < -0.3 is 24.0 Å². The van der Waals surface area contributed by atoms with Crippen molar-refractivity contribution < 1.29 is 28.5 Å². The van der Waals surface area contributed by atoms with Crippen LogP contribution in [0.5, 0.6) is 0 Å². The van der Waals surface area contributed by atoms with E-state index in [1.54, 1.807) is 0 Å². The number of hydrogen-bond donors (Lipinski definition) is 0. The van der Waals surface area contributed by atoms with E-state index in [1.165, 1.54) is 0 Å². The molecular formula is C15H12IN3. The Bertz CT molecular complexity index is 754. The van der Waals surface area contributed by atoms with Gasteiger partial charge in [0.25, 0.3) is 0 Å². The number of hydrogen-bond acceptors (Lipinski definition) is 1. The van der Waals surface area contributed by atoms with Crippen LogP contribution in [-0.2, 0) is 7.05 Å². The van der Waals surface area contributed by atoms with E-state index >= 15 is 0 Å². The van der Waals surface area contributed by atoms with Crippen molar-refractivity contribution >= 4 is 11.0 Å². The first-order chi connectivity index (χ1) is 8.79. The van der Waals surface area contributed by atoms with E-state index < -0.39 is 0 Å². The fourth-order valence-corrected chi connectivity index (χ4v) is 2.18. The Morgan fingerprint density at radius 2 is 1.84 bits per heavy atom. The van der Waals surface area contributed by atoms with E-state index in [0.717, 1.165) is 16.7 Å². The van der Waals surface area contributed by atoms with Gasteiger partial charge in [0.1, 0.15) is 5.69 Å². The molecule has 0 aliphatic carbocycles. The predicted molar refractivity (Wildman–Crippen MR) is 69.2 cm³/mol. The molecule has 3 rings (SSSR count). The van der Waals surface area contributed by atoms with E-state index in [1.807, 2.05) is 49.8 Å². The van der Waals surface area contributed by atoms with Gasteiger partial charge >= 0.3 is 0 Å². The topological polar surface area (TPSA) is 32.6 Å². The smallest absolute Gasteiger partial charge is 0.249 e. The molecule has 0 saturated carbocycles. The number of para-hydroxylation sites is 1. The molecule has 0 saturated heterocycles. The van der Waals surface area contributed by atoms with Gasteiger partial charge in [-0.15, -0.1) is 0 Å². The maximum absolute atomic E-state index is 9.00. The Hall–Kier alpha value is -1.87. The summed E-state index contributed by atoms with van der Waals surface area (Å²) in [5.74, 6) is 0. The summed E-state index contributed by atoms with van der Waals surface area (Å²) in [6.45, 7) is 0. The van der Waals surface area contributed by atoms with E-state index in [9.17, 15) is 0 Å². The lowest BCUT2D eigenvalue weighted by atomic mass is 10.2. The highest BCUT2D eigenvalue weighted by molar-refractivity contribution is 5.75. The first-order valence-corrected chi connectivity index (χ1v) is 5.76. The summed E-state index contributed by atoms with van der Waals surface area (Å²) in [5, 5.41) is 9.00. The second kappa shape index (κ2) is 5.41. The van der Waals surface area contributed by atoms with Gasteiger partial charge in [-0.05, 0) is 24.3 Å². The Balaban J connectivity index is 0.00000133. The minimum atomic E-state index is 0. The van der Waals surface area contributed by atoms with Crippen molar-refractivity contribution in [2.24, 2.45) is 7.05 Å². The molecular weight excluding hydrogens is 349 g/mol. The summed E-state index contributed by atoms with van der Waals surface area (Å²) in [4.78, 5) is 0. The Kier molecular flexibility index (Phi) is 3.86. The van der Waals surface area contributed by atoms with Crippen molar-refractivity contribution in [3.05, 3.63) is 60.4 Å². The highest BCUT2D eigenvalue weighted by Crippen LogP contribution is 2.17. The first-order valence-electron chi connectivity index (χ1n) is 5.76. The third kappa shape index (κ3) is 2.34. The highest BCUT2D eigenvalue weighted by atomic mass is 127. The first kappa shape index (κ1) is 13.6. The number of nitriles is 1. The van der Waals surface area contributed by atoms with Crippen LogP contribution in [0.3, 0.4) is 0 Å². The standard InChI is InChI=1S/C15H12N3.HI/c1-17-11-18(13-5-3-2-4-6-13)15-9-12(10-16)7-8-14(15)17;/h2-9,11H,1H3;1H/q+1;/p-1. The van der Waals surface area contributed by atoms with Gasteiger partial charge in [-0.1, -0.05) is 18.2 Å². The maximum Gasteiger partial charge on any atom is 0.249 e. The zero-order valence-electron chi connectivity index (χ0n) is 10.4. The monoisotopic (exact) mass is 361 g/mol. The van der Waals surface area contributed by atoms with Crippen molar-refractivity contribution in [1.29, 1.82) is 5.26 Å². The molecule has 0 fully saturated rings. The van der Waals surface area contributed by atoms with Crippen LogP contribution < -0.4 is 28.5 Å². The van der Waals surface area contributed by atoms with E-state index in [-0.39, 0.29) is 24.0 Å². The average molecular weight is 361 g/mol. The molecule has 1 heterocycles. The number of benzene rings is 2. The molecule has 0 atom stereocenters. The lowest BCUT2D eigenvalue weighted by Crippen LogP contribution is -3.00. The van der Waals surface area contributed by atoms with Crippen LogP contribution in [-0.4, -0.2) is 4.57 Å². The number of fused-ring (bicyclic) bond motifs is 1. The predicted octanol–water partition coefficient (Wildman–Crippen LogP) is -0.669. The molecule has 94 valence electrons. The molecule has 0 aliphatic rings. The quantitative estimate of drug-likeness (QED) is 0.418. The zero-order valence-corrected chi connectivity index (χ0v) is 12.6. The largest absolute Gasteiger partial charge is 1.00 e. The minimum Gasteiger partial charge on any atom is -1.00 e. The normalized spacial score (nSPS) is 9.89. The number of nitrogens with zero attached hydrogens (tertiary/aromatic N) is 3. The van der Waals surface area contributed by atoms with E-state index in [2.05, 4.69) is 27.3 Å². The van der Waals surface area contributed by atoms with E-state index in [4.69, 9.17) is 5.26 Å². The summed E-state index contributed by atoms with van der Waals surface area (Å²) in [6.07, 6.45) is 2.03. The molecule has 0 amide bonds. The summed E-state index contributed by atoms with van der Waals surface area (Å²) >= 11 is 0. The lowest BCUT2D eigenvalue weighted by Gasteiger charge is -1.96. The van der Waals surface area contributed by atoms with Gasteiger partial charge in [0.05, 0.1) is 18.7 Å². The number of aromatic nitrogens is 2. The van der Waals surface area contributed by atoms with Crippen molar-refractivity contribution in [3.8, 4) is 11.8 Å². The van der Waals surface area contributed by atoms with Crippen LogP contribution in [0.15, 0.2) is 54.9 Å². The molecule has 0 bridgehead atoms. The number of halogens is 1. The van der Waals surface area contributed by atoms with Crippen LogP contribution in [0.1, 0.15) is 5.56 Å². The summed E-state index contributed by atoms with van der Waals surface area (Å²) in [7, 11) is 2.01. The van der Waals surface area contributed by atoms with Gasteiger partial charge in [0, 0.05) is 6.07 Å². The van der Waals surface area contributed by atoms with Crippen molar-refractivity contribution in [1.82, 2.24) is 4.57 Å². The van der Waals surface area contributed by atoms with Crippen molar-refractivity contribution in [2.75, 3.05) is 0 Å². The maximum atomic E-state index is 9.00. The molecule has 0 spiro atoms. The fraction of sp³-hybridized carbons (Fsp3) is 0.0667. The van der Waals surface area contributed by atoms with Crippen LogP contribution in [0.2, 0.25) is 0 Å². The molecule has 0 radical (unpaired) electrons. The summed E-state index contributed by atoms with van der Waals surface area (Å²) < 4.78 is 4.15. The van der Waals surface area contributed by atoms with Crippen LogP contribution in [0.25, 0.3) is 16.7 Å². The van der Waals surface area contributed by atoms with Gasteiger partial charge in [-0.25, -0.2) is 4.57 Å². The van der Waals surface area contributed by atoms with Gasteiger partial charge in [-0.2, -0.15) is 9.83 Å². The molecule has 19 heavy (non-hydrogen) atoms. The molecule has 0 aliphatic heterocycles. The Morgan fingerprint density at radius 1 is 1.11 bits per heavy atom. The Morgan fingerprint density at radius 3 is 2.53 bits per heavy atom. The average Bonchev–Trinajstić information content (AvgIpc) is 2.76. The SMILES string of the molecule is C[n+]1cn(-c2ccccc2)c2cc(C#N)ccc21.[I-]. The molecule has 1 aromatic heterocycles. The van der Waals surface area contributed by atoms with Gasteiger partial charge in [0.2, 0.25) is 6.33 Å². The van der Waals surface area contributed by atoms with Crippen LogP contribution in [0.4, 0.5) is 0 Å². The van der Waals surface area contributed by atoms with Gasteiger partial charge in [0.15, 0.2) is 11.0 Å². The van der Waals surface area contributed by atoms with Crippen molar-refractivity contribution in [3.63, 3.8) is 0 Å². The van der Waals surface area contributed by atoms with Gasteiger partial charge in [-0.3, -0.25) is 0 Å². The minimum absolute atomic E-state index is 0. The molecule has 3 nitrogen and oxygen atoms in total. The fourth-order valence-electron chi connectivity index (χ4n) is 2.18. The second-order valence-electron chi connectivity index (χ2n) is 4.25. The molecule has 3 aromatic rings. The molecule has 4 heteroatoms. The lowest BCUT2D eigenvalue weighted by molar-refractivity contribution is -0.645. The molecule has 0 N–H and O–H groups in total. The number of aryl methyl sites for hydroxylation is 1. The molecule has 0 unspecified atom stereocenters.